The summed E-state index contributed by atoms with van der Waals surface area (Å²) in [6, 6.07) is 15.5. The summed E-state index contributed by atoms with van der Waals surface area (Å²) in [5, 5.41) is 12.1. The number of ether oxygens (including phenoxy) is 1. The molecule has 0 spiro atoms. The largest absolute Gasteiger partial charge is 0.484 e. The number of anilines is 1. The Morgan fingerprint density at radius 1 is 1.03 bits per heavy atom. The van der Waals surface area contributed by atoms with Gasteiger partial charge < -0.3 is 14.5 Å². The number of carbonyl (C=O) groups is 1. The first-order chi connectivity index (χ1) is 14.2. The molecule has 1 aliphatic heterocycles. The number of nitrogens with zero attached hydrogens (tertiary/aromatic N) is 6. The van der Waals surface area contributed by atoms with Crippen molar-refractivity contribution in [3.05, 3.63) is 60.4 Å². The van der Waals surface area contributed by atoms with Gasteiger partial charge in [0.1, 0.15) is 11.6 Å². The van der Waals surface area contributed by atoms with Crippen molar-refractivity contribution < 1.29 is 13.9 Å². The van der Waals surface area contributed by atoms with E-state index in [1.807, 2.05) is 30.3 Å². The van der Waals surface area contributed by atoms with E-state index < -0.39 is 5.82 Å². The Morgan fingerprint density at radius 3 is 2.72 bits per heavy atom. The molecule has 0 atom stereocenters. The number of rotatable bonds is 5. The lowest BCUT2D eigenvalue weighted by molar-refractivity contribution is -0.133. The van der Waals surface area contributed by atoms with E-state index in [9.17, 15) is 9.18 Å². The minimum atomic E-state index is -0.392. The van der Waals surface area contributed by atoms with Crippen molar-refractivity contribution in [1.82, 2.24) is 25.1 Å². The summed E-state index contributed by atoms with van der Waals surface area (Å²) in [5.41, 5.74) is 0.883. The topological polar surface area (TPSA) is 76.4 Å². The number of para-hydroxylation sites is 1. The molecule has 1 fully saturated rings. The van der Waals surface area contributed by atoms with E-state index in [4.69, 9.17) is 4.74 Å². The standard InChI is InChI=1S/C20H21FN6O2/c21-16-6-4-9-18(14-16)29-15-19(28)25-10-5-11-26(13-12-25)20-22-23-24-27(20)17-7-2-1-3-8-17/h1-4,6-9,14H,5,10-13,15H2. The van der Waals surface area contributed by atoms with Gasteiger partial charge in [-0.25, -0.2) is 4.39 Å². The fourth-order valence-electron chi connectivity index (χ4n) is 3.28. The SMILES string of the molecule is O=C(COc1cccc(F)c1)N1CCCN(c2nnnn2-c2ccccc2)CC1. The van der Waals surface area contributed by atoms with E-state index >= 15 is 0 Å². The number of hydrogen-bond acceptors (Lipinski definition) is 6. The van der Waals surface area contributed by atoms with Crippen LogP contribution in [0.1, 0.15) is 6.42 Å². The Balaban J connectivity index is 1.37. The van der Waals surface area contributed by atoms with E-state index in [0.29, 0.717) is 31.3 Å². The lowest BCUT2D eigenvalue weighted by atomic mass is 10.3. The van der Waals surface area contributed by atoms with Crippen LogP contribution in [0.2, 0.25) is 0 Å². The summed E-state index contributed by atoms with van der Waals surface area (Å²) in [4.78, 5) is 16.4. The van der Waals surface area contributed by atoms with Crippen LogP contribution >= 0.6 is 0 Å². The van der Waals surface area contributed by atoms with Gasteiger partial charge in [-0.1, -0.05) is 29.4 Å². The molecule has 29 heavy (non-hydrogen) atoms. The fourth-order valence-corrected chi connectivity index (χ4v) is 3.28. The number of tetrazole rings is 1. The molecule has 2 heterocycles. The van der Waals surface area contributed by atoms with Gasteiger partial charge in [0.15, 0.2) is 6.61 Å². The molecule has 0 unspecified atom stereocenters. The predicted octanol–water partition coefficient (Wildman–Crippen LogP) is 1.92. The maximum Gasteiger partial charge on any atom is 0.260 e. The molecule has 9 heteroatoms. The Hall–Kier alpha value is -3.49. The van der Waals surface area contributed by atoms with Gasteiger partial charge in [0, 0.05) is 32.2 Å². The molecule has 150 valence electrons. The lowest BCUT2D eigenvalue weighted by Gasteiger charge is -2.22. The molecule has 3 aromatic rings. The van der Waals surface area contributed by atoms with Gasteiger partial charge in [-0.05, 0) is 41.1 Å². The van der Waals surface area contributed by atoms with Gasteiger partial charge >= 0.3 is 0 Å². The van der Waals surface area contributed by atoms with Crippen molar-refractivity contribution in [2.24, 2.45) is 0 Å². The van der Waals surface area contributed by atoms with Crippen LogP contribution < -0.4 is 9.64 Å². The van der Waals surface area contributed by atoms with E-state index in [1.54, 1.807) is 21.7 Å². The zero-order valence-electron chi connectivity index (χ0n) is 15.8. The summed E-state index contributed by atoms with van der Waals surface area (Å²) in [5.74, 6) is 0.480. The van der Waals surface area contributed by atoms with Crippen LogP contribution in [0.4, 0.5) is 10.3 Å². The second-order valence-corrected chi connectivity index (χ2v) is 6.69. The van der Waals surface area contributed by atoms with Crippen LogP contribution in [0.5, 0.6) is 5.75 Å². The van der Waals surface area contributed by atoms with Gasteiger partial charge in [0.2, 0.25) is 5.95 Å². The Kier molecular flexibility index (Phi) is 5.64. The third-order valence-corrected chi connectivity index (χ3v) is 4.74. The van der Waals surface area contributed by atoms with Crippen LogP contribution in [-0.2, 0) is 4.79 Å². The molecule has 1 aliphatic rings. The first-order valence-electron chi connectivity index (χ1n) is 9.45. The van der Waals surface area contributed by atoms with E-state index in [-0.39, 0.29) is 12.5 Å². The highest BCUT2D eigenvalue weighted by atomic mass is 19.1. The van der Waals surface area contributed by atoms with Gasteiger partial charge in [0.05, 0.1) is 5.69 Å². The Bertz CT molecular complexity index is 964. The second-order valence-electron chi connectivity index (χ2n) is 6.69. The van der Waals surface area contributed by atoms with Crippen molar-refractivity contribution in [2.75, 3.05) is 37.7 Å². The van der Waals surface area contributed by atoms with Gasteiger partial charge in [-0.2, -0.15) is 4.68 Å². The number of benzene rings is 2. The highest BCUT2D eigenvalue weighted by molar-refractivity contribution is 5.77. The summed E-state index contributed by atoms with van der Waals surface area (Å²) in [7, 11) is 0. The van der Waals surface area contributed by atoms with Crippen LogP contribution in [0.25, 0.3) is 5.69 Å². The highest BCUT2D eigenvalue weighted by Gasteiger charge is 2.23. The number of halogens is 1. The first-order valence-corrected chi connectivity index (χ1v) is 9.45. The molecule has 0 aliphatic carbocycles. The molecule has 2 aromatic carbocycles. The molecule has 1 amide bonds. The first kappa shape index (κ1) is 18.9. The minimum Gasteiger partial charge on any atom is -0.484 e. The summed E-state index contributed by atoms with van der Waals surface area (Å²) < 4.78 is 20.4. The number of hydrogen-bond donors (Lipinski definition) is 0. The highest BCUT2D eigenvalue weighted by Crippen LogP contribution is 2.17. The van der Waals surface area contributed by atoms with Gasteiger partial charge in [-0.15, -0.1) is 0 Å². The molecule has 0 N–H and O–H groups in total. The zero-order chi connectivity index (χ0) is 20.1. The molecule has 8 nitrogen and oxygen atoms in total. The third kappa shape index (κ3) is 4.50. The maximum absolute atomic E-state index is 13.2. The monoisotopic (exact) mass is 396 g/mol. The normalized spacial score (nSPS) is 14.5. The minimum absolute atomic E-state index is 0.120. The summed E-state index contributed by atoms with van der Waals surface area (Å²) in [6.45, 7) is 2.38. The second kappa shape index (κ2) is 8.68. The van der Waals surface area contributed by atoms with Crippen LogP contribution in [0, 0.1) is 5.82 Å². The molecular formula is C20H21FN6O2. The van der Waals surface area contributed by atoms with Crippen LogP contribution in [-0.4, -0.2) is 63.8 Å². The maximum atomic E-state index is 13.2. The van der Waals surface area contributed by atoms with Crippen molar-refractivity contribution in [3.8, 4) is 11.4 Å². The smallest absolute Gasteiger partial charge is 0.260 e. The number of carbonyl (C=O) groups excluding carboxylic acids is 1. The predicted molar refractivity (Wildman–Crippen MR) is 104 cm³/mol. The van der Waals surface area contributed by atoms with Gasteiger partial charge in [-0.3, -0.25) is 4.79 Å². The van der Waals surface area contributed by atoms with Crippen molar-refractivity contribution in [3.63, 3.8) is 0 Å². The Morgan fingerprint density at radius 2 is 1.90 bits per heavy atom. The third-order valence-electron chi connectivity index (χ3n) is 4.74. The zero-order valence-corrected chi connectivity index (χ0v) is 15.8. The lowest BCUT2D eigenvalue weighted by Crippen LogP contribution is -2.38. The molecule has 0 radical (unpaired) electrons. The molecule has 4 rings (SSSR count). The summed E-state index contributed by atoms with van der Waals surface area (Å²) >= 11 is 0. The average molecular weight is 396 g/mol. The van der Waals surface area contributed by atoms with E-state index in [2.05, 4.69) is 20.4 Å². The molecular weight excluding hydrogens is 375 g/mol. The fraction of sp³-hybridized carbons (Fsp3) is 0.300. The molecule has 1 saturated heterocycles. The van der Waals surface area contributed by atoms with Crippen LogP contribution in [0.15, 0.2) is 54.6 Å². The molecule has 0 bridgehead atoms. The average Bonchev–Trinajstić information content (AvgIpc) is 3.10. The van der Waals surface area contributed by atoms with E-state index in [1.165, 1.54) is 12.1 Å². The molecule has 0 saturated carbocycles. The molecule has 1 aromatic heterocycles. The van der Waals surface area contributed by atoms with Crippen molar-refractivity contribution >= 4 is 11.9 Å². The van der Waals surface area contributed by atoms with Crippen LogP contribution in [0.3, 0.4) is 0 Å². The quantitative estimate of drug-likeness (QED) is 0.656. The van der Waals surface area contributed by atoms with E-state index in [0.717, 1.165) is 18.7 Å². The Labute approximate surface area is 167 Å². The number of aromatic nitrogens is 4. The number of amides is 1. The van der Waals surface area contributed by atoms with Crippen molar-refractivity contribution in [2.45, 2.75) is 6.42 Å². The van der Waals surface area contributed by atoms with Crippen molar-refractivity contribution in [1.29, 1.82) is 0 Å². The summed E-state index contributed by atoms with van der Waals surface area (Å²) in [6.07, 6.45) is 0.785. The van der Waals surface area contributed by atoms with Gasteiger partial charge in [0.25, 0.3) is 5.91 Å².